The second-order valence-corrected chi connectivity index (χ2v) is 4.84. The van der Waals surface area contributed by atoms with E-state index < -0.39 is 23.7 Å². The average Bonchev–Trinajstić information content (AvgIpc) is 2.10. The van der Waals surface area contributed by atoms with Crippen molar-refractivity contribution in [3.05, 3.63) is 0 Å². The molecule has 0 saturated heterocycles. The first-order valence-corrected chi connectivity index (χ1v) is 5.54. The van der Waals surface area contributed by atoms with Crippen LogP contribution in [0.4, 0.5) is 0 Å². The van der Waals surface area contributed by atoms with Gasteiger partial charge in [-0.3, -0.25) is 4.79 Å². The lowest BCUT2D eigenvalue weighted by Gasteiger charge is -2.24. The Bertz CT molecular complexity index is 203. The summed E-state index contributed by atoms with van der Waals surface area (Å²) in [6, 6.07) is -0.993. The molecule has 0 aliphatic heterocycles. The molecule has 2 atom stereocenters. The first kappa shape index (κ1) is 14.7. The van der Waals surface area contributed by atoms with Crippen LogP contribution >= 0.6 is 11.6 Å². The molecule has 3 N–H and O–H groups in total. The molecule has 0 heterocycles. The van der Waals surface area contributed by atoms with Gasteiger partial charge in [0.25, 0.3) is 0 Å². The smallest absolute Gasteiger partial charge is 0.326 e. The zero-order chi connectivity index (χ0) is 12.1. The Hall–Kier alpha value is -0.320. The summed E-state index contributed by atoms with van der Waals surface area (Å²) < 4.78 is 5.04. The summed E-state index contributed by atoms with van der Waals surface area (Å²) in [5.74, 6) is -0.137. The molecule has 0 bridgehead atoms. The fraction of sp³-hybridized carbons (Fsp3) is 0.900. The van der Waals surface area contributed by atoms with Gasteiger partial charge in [-0.2, -0.15) is 0 Å². The molecule has 4 nitrogen and oxygen atoms in total. The number of ether oxygens (including phenoxy) is 1. The van der Waals surface area contributed by atoms with Crippen molar-refractivity contribution in [2.24, 2.45) is 5.73 Å². The van der Waals surface area contributed by atoms with E-state index in [1.807, 2.05) is 0 Å². The highest BCUT2D eigenvalue weighted by atomic mass is 35.5. The number of hydrogen-bond acceptors (Lipinski definition) is 4. The molecule has 0 spiro atoms. The zero-order valence-corrected chi connectivity index (χ0v) is 10.3. The monoisotopic (exact) mass is 237 g/mol. The SMILES string of the molecule is CC(C)(C)OC(=O)[C@@H](N)[C@H](O)CCCCl. The number of esters is 1. The largest absolute Gasteiger partial charge is 0.459 e. The van der Waals surface area contributed by atoms with Crippen LogP contribution in [-0.4, -0.2) is 34.7 Å². The minimum absolute atomic E-state index is 0.407. The van der Waals surface area contributed by atoms with Crippen molar-refractivity contribution < 1.29 is 14.6 Å². The second kappa shape index (κ2) is 6.30. The average molecular weight is 238 g/mol. The molecule has 0 saturated carbocycles. The van der Waals surface area contributed by atoms with Crippen LogP contribution in [-0.2, 0) is 9.53 Å². The highest BCUT2D eigenvalue weighted by molar-refractivity contribution is 6.17. The molecule has 0 aromatic carbocycles. The van der Waals surface area contributed by atoms with Crippen molar-refractivity contribution in [3.8, 4) is 0 Å². The summed E-state index contributed by atoms with van der Waals surface area (Å²) >= 11 is 5.47. The first-order valence-electron chi connectivity index (χ1n) is 5.00. The molecule has 0 radical (unpaired) electrons. The Labute approximate surface area is 95.7 Å². The van der Waals surface area contributed by atoms with Gasteiger partial charge in [-0.1, -0.05) is 0 Å². The van der Waals surface area contributed by atoms with Crippen molar-refractivity contribution in [3.63, 3.8) is 0 Å². The molecule has 0 aliphatic carbocycles. The maximum absolute atomic E-state index is 11.4. The number of aliphatic hydroxyl groups is 1. The summed E-state index contributed by atoms with van der Waals surface area (Å²) in [6.07, 6.45) is 0.141. The third kappa shape index (κ3) is 6.71. The lowest BCUT2D eigenvalue weighted by molar-refractivity contribution is -0.159. The zero-order valence-electron chi connectivity index (χ0n) is 9.50. The number of carbonyl (C=O) groups excluding carboxylic acids is 1. The van der Waals surface area contributed by atoms with E-state index in [0.29, 0.717) is 18.7 Å². The van der Waals surface area contributed by atoms with Gasteiger partial charge in [0, 0.05) is 5.88 Å². The van der Waals surface area contributed by atoms with Gasteiger partial charge in [0.15, 0.2) is 0 Å². The summed E-state index contributed by atoms with van der Waals surface area (Å²) in [7, 11) is 0. The molecule has 0 fully saturated rings. The lowest BCUT2D eigenvalue weighted by Crippen LogP contribution is -2.45. The van der Waals surface area contributed by atoms with Gasteiger partial charge in [-0.05, 0) is 33.6 Å². The summed E-state index contributed by atoms with van der Waals surface area (Å²) in [6.45, 7) is 5.26. The minimum atomic E-state index is -0.993. The van der Waals surface area contributed by atoms with Gasteiger partial charge < -0.3 is 15.6 Å². The fourth-order valence-electron chi connectivity index (χ4n) is 0.993. The minimum Gasteiger partial charge on any atom is -0.459 e. The van der Waals surface area contributed by atoms with Crippen molar-refractivity contribution in [1.82, 2.24) is 0 Å². The third-order valence-corrected chi connectivity index (χ3v) is 1.99. The topological polar surface area (TPSA) is 72.5 Å². The number of rotatable bonds is 5. The van der Waals surface area contributed by atoms with E-state index in [9.17, 15) is 9.90 Å². The summed E-state index contributed by atoms with van der Waals surface area (Å²) in [5, 5.41) is 9.53. The quantitative estimate of drug-likeness (QED) is 0.554. The Balaban J connectivity index is 4.08. The molecular weight excluding hydrogens is 218 g/mol. The molecule has 0 aliphatic rings. The molecule has 0 aromatic heterocycles. The van der Waals surface area contributed by atoms with E-state index in [1.165, 1.54) is 0 Å². The number of alkyl halides is 1. The van der Waals surface area contributed by atoms with Gasteiger partial charge >= 0.3 is 5.97 Å². The molecule has 15 heavy (non-hydrogen) atoms. The Kier molecular flexibility index (Phi) is 6.17. The van der Waals surface area contributed by atoms with Crippen LogP contribution in [0.25, 0.3) is 0 Å². The molecule has 0 unspecified atom stereocenters. The fourth-order valence-corrected chi connectivity index (χ4v) is 1.15. The molecule has 5 heteroatoms. The van der Waals surface area contributed by atoms with E-state index in [0.717, 1.165) is 0 Å². The third-order valence-electron chi connectivity index (χ3n) is 1.73. The van der Waals surface area contributed by atoms with E-state index in [-0.39, 0.29) is 0 Å². The Morgan fingerprint density at radius 1 is 1.53 bits per heavy atom. The first-order chi connectivity index (χ1) is 6.78. The van der Waals surface area contributed by atoms with Crippen LogP contribution in [0.3, 0.4) is 0 Å². The number of halogens is 1. The van der Waals surface area contributed by atoms with Crippen LogP contribution in [0, 0.1) is 0 Å². The predicted molar refractivity (Wildman–Crippen MR) is 59.8 cm³/mol. The van der Waals surface area contributed by atoms with Gasteiger partial charge in [-0.15, -0.1) is 11.6 Å². The second-order valence-electron chi connectivity index (χ2n) is 4.46. The number of aliphatic hydroxyl groups excluding tert-OH is 1. The highest BCUT2D eigenvalue weighted by Gasteiger charge is 2.27. The standard InChI is InChI=1S/C10H20ClNO3/c1-10(2,3)15-9(14)8(12)7(13)5-4-6-11/h7-8,13H,4-6,12H2,1-3H3/t7-,8+/m1/s1. The maximum atomic E-state index is 11.4. The predicted octanol–water partition coefficient (Wildman–Crippen LogP) is 1.04. The lowest BCUT2D eigenvalue weighted by atomic mass is 10.1. The summed E-state index contributed by atoms with van der Waals surface area (Å²) in [5.41, 5.74) is 4.96. The number of carbonyl (C=O) groups is 1. The van der Waals surface area contributed by atoms with Crippen molar-refractivity contribution >= 4 is 17.6 Å². The van der Waals surface area contributed by atoms with E-state index in [1.54, 1.807) is 20.8 Å². The molecular formula is C10H20ClNO3. The van der Waals surface area contributed by atoms with E-state index in [2.05, 4.69) is 0 Å². The molecule has 0 amide bonds. The highest BCUT2D eigenvalue weighted by Crippen LogP contribution is 2.10. The Morgan fingerprint density at radius 2 is 2.07 bits per heavy atom. The van der Waals surface area contributed by atoms with E-state index >= 15 is 0 Å². The van der Waals surface area contributed by atoms with E-state index in [4.69, 9.17) is 22.1 Å². The number of hydrogen-bond donors (Lipinski definition) is 2. The normalized spacial score (nSPS) is 15.9. The molecule has 90 valence electrons. The van der Waals surface area contributed by atoms with Gasteiger partial charge in [-0.25, -0.2) is 0 Å². The van der Waals surface area contributed by atoms with Gasteiger partial charge in [0.2, 0.25) is 0 Å². The van der Waals surface area contributed by atoms with Crippen LogP contribution in [0.15, 0.2) is 0 Å². The maximum Gasteiger partial charge on any atom is 0.326 e. The molecule has 0 rings (SSSR count). The van der Waals surface area contributed by atoms with Crippen molar-refractivity contribution in [2.75, 3.05) is 5.88 Å². The molecule has 0 aromatic rings. The van der Waals surface area contributed by atoms with Gasteiger partial charge in [0.1, 0.15) is 11.6 Å². The number of nitrogens with two attached hydrogens (primary N) is 1. The van der Waals surface area contributed by atoms with Crippen molar-refractivity contribution in [2.45, 2.75) is 51.4 Å². The summed E-state index contributed by atoms with van der Waals surface area (Å²) in [4.78, 5) is 11.4. The van der Waals surface area contributed by atoms with Crippen LogP contribution in [0.1, 0.15) is 33.6 Å². The Morgan fingerprint density at radius 3 is 2.47 bits per heavy atom. The van der Waals surface area contributed by atoms with Crippen LogP contribution < -0.4 is 5.73 Å². The van der Waals surface area contributed by atoms with Crippen molar-refractivity contribution in [1.29, 1.82) is 0 Å². The van der Waals surface area contributed by atoms with Crippen LogP contribution in [0.2, 0.25) is 0 Å². The van der Waals surface area contributed by atoms with Crippen LogP contribution in [0.5, 0.6) is 0 Å². The van der Waals surface area contributed by atoms with Gasteiger partial charge in [0.05, 0.1) is 6.10 Å².